The summed E-state index contributed by atoms with van der Waals surface area (Å²) in [6.45, 7) is 4.87. The summed E-state index contributed by atoms with van der Waals surface area (Å²) in [5, 5.41) is 3.57. The van der Waals surface area contributed by atoms with Gasteiger partial charge in [-0.15, -0.1) is 0 Å². The number of nitrogens with zero attached hydrogens (tertiary/aromatic N) is 2. The van der Waals surface area contributed by atoms with Crippen molar-refractivity contribution in [1.82, 2.24) is 9.38 Å². The lowest BCUT2D eigenvalue weighted by molar-refractivity contribution is 0.0729. The molecule has 0 spiro atoms. The van der Waals surface area contributed by atoms with E-state index >= 15 is 0 Å². The zero-order chi connectivity index (χ0) is 27.2. The van der Waals surface area contributed by atoms with Crippen LogP contribution in [0, 0.1) is 6.92 Å². The highest BCUT2D eigenvalue weighted by Gasteiger charge is 2.18. The molecule has 39 heavy (non-hydrogen) atoms. The van der Waals surface area contributed by atoms with Gasteiger partial charge in [0.2, 0.25) is 0 Å². The van der Waals surface area contributed by atoms with Crippen LogP contribution in [0.2, 0.25) is 0 Å². The van der Waals surface area contributed by atoms with Gasteiger partial charge in [0.25, 0.3) is 0 Å². The van der Waals surface area contributed by atoms with Crippen LogP contribution in [0.3, 0.4) is 0 Å². The van der Waals surface area contributed by atoms with E-state index in [9.17, 15) is 4.79 Å². The normalized spacial score (nSPS) is 10.9. The third-order valence-electron chi connectivity index (χ3n) is 6.73. The number of methoxy groups -OCH3 is 1. The SMILES string of the molecule is CCCCc1ccc(C(=O)Oc2ccc(-c3nc4cc(C)ccn4c3NCc3ccccc3)cc2OC)cc1. The minimum absolute atomic E-state index is 0.361. The summed E-state index contributed by atoms with van der Waals surface area (Å²) in [7, 11) is 1.57. The molecule has 0 atom stereocenters. The van der Waals surface area contributed by atoms with Gasteiger partial charge in [-0.3, -0.25) is 4.40 Å². The minimum atomic E-state index is -0.420. The van der Waals surface area contributed by atoms with Crippen molar-refractivity contribution in [3.8, 4) is 22.8 Å². The van der Waals surface area contributed by atoms with Crippen molar-refractivity contribution in [2.24, 2.45) is 0 Å². The highest BCUT2D eigenvalue weighted by molar-refractivity contribution is 5.91. The standard InChI is InChI=1S/C33H33N3O3/c1-4-5-9-24-12-14-26(15-13-24)33(37)39-28-17-16-27(21-29(28)38-3)31-32(34-22-25-10-7-6-8-11-25)36-19-18-23(2)20-30(36)35-31/h6-8,10-21,34H,4-5,9,22H2,1-3H3. The third-order valence-corrected chi connectivity index (χ3v) is 6.73. The number of aryl methyl sites for hydroxylation is 2. The van der Waals surface area contributed by atoms with E-state index in [1.54, 1.807) is 13.2 Å². The van der Waals surface area contributed by atoms with Gasteiger partial charge in [-0.05, 0) is 78.9 Å². The zero-order valence-corrected chi connectivity index (χ0v) is 22.6. The molecular weight excluding hydrogens is 486 g/mol. The maximum atomic E-state index is 12.9. The Morgan fingerprint density at radius 3 is 2.46 bits per heavy atom. The van der Waals surface area contributed by atoms with E-state index in [2.05, 4.69) is 47.8 Å². The van der Waals surface area contributed by atoms with Crippen molar-refractivity contribution >= 4 is 17.4 Å². The van der Waals surface area contributed by atoms with Crippen LogP contribution in [0.4, 0.5) is 5.82 Å². The number of ether oxygens (including phenoxy) is 2. The molecule has 6 heteroatoms. The van der Waals surface area contributed by atoms with E-state index in [1.807, 2.05) is 60.8 Å². The molecule has 6 nitrogen and oxygen atoms in total. The molecule has 2 aromatic heterocycles. The molecule has 198 valence electrons. The second-order valence-electron chi connectivity index (χ2n) is 9.64. The topological polar surface area (TPSA) is 64.9 Å². The number of esters is 1. The average Bonchev–Trinajstić information content (AvgIpc) is 3.33. The lowest BCUT2D eigenvalue weighted by atomic mass is 10.1. The maximum absolute atomic E-state index is 12.9. The highest BCUT2D eigenvalue weighted by atomic mass is 16.6. The van der Waals surface area contributed by atoms with Gasteiger partial charge in [0, 0.05) is 18.3 Å². The van der Waals surface area contributed by atoms with Gasteiger partial charge in [-0.2, -0.15) is 0 Å². The molecule has 0 saturated carbocycles. The van der Waals surface area contributed by atoms with Crippen molar-refractivity contribution in [2.45, 2.75) is 39.7 Å². The molecule has 0 aliphatic heterocycles. The maximum Gasteiger partial charge on any atom is 0.343 e. The molecule has 0 bridgehead atoms. The Morgan fingerprint density at radius 1 is 0.923 bits per heavy atom. The average molecular weight is 520 g/mol. The number of hydrogen-bond acceptors (Lipinski definition) is 5. The van der Waals surface area contributed by atoms with Crippen LogP contribution in [0.1, 0.15) is 46.8 Å². The number of anilines is 1. The molecule has 1 N–H and O–H groups in total. The van der Waals surface area contributed by atoms with Gasteiger partial charge in [-0.25, -0.2) is 9.78 Å². The van der Waals surface area contributed by atoms with E-state index in [1.165, 1.54) is 11.1 Å². The first-order valence-corrected chi connectivity index (χ1v) is 13.3. The molecule has 0 aliphatic carbocycles. The Kier molecular flexibility index (Phi) is 7.92. The second-order valence-corrected chi connectivity index (χ2v) is 9.64. The van der Waals surface area contributed by atoms with Gasteiger partial charge in [0.1, 0.15) is 17.2 Å². The monoisotopic (exact) mass is 519 g/mol. The fraction of sp³-hybridized carbons (Fsp3) is 0.212. The summed E-state index contributed by atoms with van der Waals surface area (Å²) < 4.78 is 13.4. The number of benzene rings is 3. The van der Waals surface area contributed by atoms with Crippen LogP contribution < -0.4 is 14.8 Å². The number of imidazole rings is 1. The predicted octanol–water partition coefficient (Wildman–Crippen LogP) is 7.49. The van der Waals surface area contributed by atoms with E-state index < -0.39 is 5.97 Å². The highest BCUT2D eigenvalue weighted by Crippen LogP contribution is 2.36. The first kappa shape index (κ1) is 26.0. The van der Waals surface area contributed by atoms with Crippen LogP contribution >= 0.6 is 0 Å². The molecule has 2 heterocycles. The quantitative estimate of drug-likeness (QED) is 0.153. The zero-order valence-electron chi connectivity index (χ0n) is 22.6. The van der Waals surface area contributed by atoms with Crippen LogP contribution in [-0.4, -0.2) is 22.5 Å². The fourth-order valence-corrected chi connectivity index (χ4v) is 4.54. The van der Waals surface area contributed by atoms with Crippen molar-refractivity contribution < 1.29 is 14.3 Å². The first-order chi connectivity index (χ1) is 19.1. The number of carbonyl (C=O) groups excluding carboxylic acids is 1. The molecular formula is C33H33N3O3. The smallest absolute Gasteiger partial charge is 0.343 e. The lowest BCUT2D eigenvalue weighted by Crippen LogP contribution is -2.09. The number of nitrogens with one attached hydrogen (secondary N) is 1. The summed E-state index contributed by atoms with van der Waals surface area (Å²) >= 11 is 0. The molecule has 0 unspecified atom stereocenters. The summed E-state index contributed by atoms with van der Waals surface area (Å²) in [6.07, 6.45) is 5.29. The van der Waals surface area contributed by atoms with Gasteiger partial charge >= 0.3 is 5.97 Å². The van der Waals surface area contributed by atoms with Gasteiger partial charge < -0.3 is 14.8 Å². The Labute approximate surface area is 229 Å². The molecule has 0 radical (unpaired) electrons. The summed E-state index contributed by atoms with van der Waals surface area (Å²) in [5.74, 6) is 1.28. The third kappa shape index (κ3) is 5.96. The van der Waals surface area contributed by atoms with E-state index in [0.29, 0.717) is 23.6 Å². The number of pyridine rings is 1. The molecule has 3 aromatic carbocycles. The number of fused-ring (bicyclic) bond motifs is 1. The molecule has 0 aliphatic rings. The van der Waals surface area contributed by atoms with Crippen LogP contribution in [0.15, 0.2) is 91.1 Å². The molecule has 0 saturated heterocycles. The van der Waals surface area contributed by atoms with Crippen LogP contribution in [-0.2, 0) is 13.0 Å². The Hall–Kier alpha value is -4.58. The number of rotatable bonds is 10. The summed E-state index contributed by atoms with van der Waals surface area (Å²) in [6, 6.07) is 27.5. The second kappa shape index (κ2) is 11.9. The molecule has 0 fully saturated rings. The van der Waals surface area contributed by atoms with Crippen molar-refractivity contribution in [2.75, 3.05) is 12.4 Å². The predicted molar refractivity (Wildman–Crippen MR) is 156 cm³/mol. The van der Waals surface area contributed by atoms with Crippen molar-refractivity contribution in [1.29, 1.82) is 0 Å². The Bertz CT molecular complexity index is 1570. The van der Waals surface area contributed by atoms with Gasteiger partial charge in [0.05, 0.1) is 12.7 Å². The summed E-state index contributed by atoms with van der Waals surface area (Å²) in [5.41, 5.74) is 6.51. The number of carbonyl (C=O) groups is 1. The minimum Gasteiger partial charge on any atom is -0.493 e. The molecule has 5 aromatic rings. The lowest BCUT2D eigenvalue weighted by Gasteiger charge is -2.12. The largest absolute Gasteiger partial charge is 0.493 e. The van der Waals surface area contributed by atoms with E-state index in [-0.39, 0.29) is 0 Å². The summed E-state index contributed by atoms with van der Waals surface area (Å²) in [4.78, 5) is 17.8. The van der Waals surface area contributed by atoms with Crippen molar-refractivity contribution in [3.05, 3.63) is 113 Å². The Morgan fingerprint density at radius 2 is 1.72 bits per heavy atom. The number of unbranched alkanes of at least 4 members (excludes halogenated alkanes) is 1. The fourth-order valence-electron chi connectivity index (χ4n) is 4.54. The molecule has 0 amide bonds. The number of hydrogen-bond donors (Lipinski definition) is 1. The van der Waals surface area contributed by atoms with Gasteiger partial charge in [-0.1, -0.05) is 55.8 Å². The number of aromatic nitrogens is 2. The van der Waals surface area contributed by atoms with Crippen molar-refractivity contribution in [3.63, 3.8) is 0 Å². The van der Waals surface area contributed by atoms with Crippen LogP contribution in [0.25, 0.3) is 16.9 Å². The Balaban J connectivity index is 1.42. The van der Waals surface area contributed by atoms with Gasteiger partial charge in [0.15, 0.2) is 11.5 Å². The molecule has 5 rings (SSSR count). The van der Waals surface area contributed by atoms with Crippen LogP contribution in [0.5, 0.6) is 11.5 Å². The first-order valence-electron chi connectivity index (χ1n) is 13.3. The van der Waals surface area contributed by atoms with E-state index in [0.717, 1.165) is 47.5 Å². The van der Waals surface area contributed by atoms with E-state index in [4.69, 9.17) is 14.5 Å².